The molecule has 4 aliphatic rings. The molecular weight excluding hydrogens is 436 g/mol. The van der Waals surface area contributed by atoms with Gasteiger partial charge in [-0.3, -0.25) is 4.79 Å². The summed E-state index contributed by atoms with van der Waals surface area (Å²) in [6.07, 6.45) is 11.8. The van der Waals surface area contributed by atoms with Gasteiger partial charge in [-0.15, -0.1) is 0 Å². The largest absolute Gasteiger partial charge is 0.473 e. The van der Waals surface area contributed by atoms with Crippen molar-refractivity contribution in [2.45, 2.75) is 54.5 Å². The first-order valence-corrected chi connectivity index (χ1v) is 12.7. The highest BCUT2D eigenvalue weighted by Crippen LogP contribution is 2.53. The highest BCUT2D eigenvalue weighted by Gasteiger charge is 2.49. The van der Waals surface area contributed by atoms with Crippen molar-refractivity contribution in [3.8, 4) is 5.88 Å². The average Bonchev–Trinajstić information content (AvgIpc) is 3.47. The summed E-state index contributed by atoms with van der Waals surface area (Å²) in [5.74, 6) is 3.36. The molecule has 1 aromatic carbocycles. The van der Waals surface area contributed by atoms with Gasteiger partial charge in [0.25, 0.3) is 11.8 Å². The van der Waals surface area contributed by atoms with Gasteiger partial charge in [-0.1, -0.05) is 30.0 Å². The molecule has 0 aliphatic heterocycles. The predicted molar refractivity (Wildman–Crippen MR) is 123 cm³/mol. The fourth-order valence-electron chi connectivity index (χ4n) is 6.24. The summed E-state index contributed by atoms with van der Waals surface area (Å²) < 4.78 is 13.5. The fourth-order valence-corrected chi connectivity index (χ4v) is 7.18. The number of hydrogen-bond donors (Lipinski definition) is 1. The Kier molecular flexibility index (Phi) is 5.62. The third-order valence-electron chi connectivity index (χ3n) is 7.46. The second-order valence-corrected chi connectivity index (χ2v) is 10.7. The quantitative estimate of drug-likeness (QED) is 0.522. The summed E-state index contributed by atoms with van der Waals surface area (Å²) in [5.41, 5.74) is 0. The van der Waals surface area contributed by atoms with Crippen molar-refractivity contribution in [3.05, 3.63) is 54.8 Å². The molecule has 2 heterocycles. The van der Waals surface area contributed by atoms with Crippen LogP contribution in [0.5, 0.6) is 5.88 Å². The van der Waals surface area contributed by atoms with Gasteiger partial charge in [-0.2, -0.15) is 0 Å². The number of aromatic nitrogens is 3. The standard InChI is InChI=1S/C25H28N4O3S/c30-24(27-21-18-11-16-10-17(13-18)14-19(21)12-16)22-23(33-20-4-2-1-3-5-20)25(28-32-22)31-9-8-29-7-6-26-15-29/h1-7,15-19,21H,8-14H2,(H,27,30). The average molecular weight is 465 g/mol. The molecule has 1 amide bonds. The lowest BCUT2D eigenvalue weighted by atomic mass is 9.54. The Morgan fingerprint density at radius 1 is 1.12 bits per heavy atom. The zero-order valence-corrected chi connectivity index (χ0v) is 19.2. The number of hydrogen-bond acceptors (Lipinski definition) is 6. The number of carbonyl (C=O) groups excluding carboxylic acids is 1. The molecule has 2 aromatic heterocycles. The van der Waals surface area contributed by atoms with E-state index in [1.807, 2.05) is 41.1 Å². The lowest BCUT2D eigenvalue weighted by Gasteiger charge is -2.54. The van der Waals surface area contributed by atoms with Gasteiger partial charge in [0.15, 0.2) is 0 Å². The van der Waals surface area contributed by atoms with Gasteiger partial charge in [0.1, 0.15) is 11.5 Å². The first-order chi connectivity index (χ1) is 16.2. The third kappa shape index (κ3) is 4.28. The van der Waals surface area contributed by atoms with Crippen LogP contribution in [0, 0.1) is 23.7 Å². The van der Waals surface area contributed by atoms with Crippen molar-refractivity contribution in [1.29, 1.82) is 0 Å². The van der Waals surface area contributed by atoms with E-state index in [9.17, 15) is 4.79 Å². The number of carbonyl (C=O) groups is 1. The molecule has 0 atom stereocenters. The topological polar surface area (TPSA) is 82.2 Å². The zero-order valence-electron chi connectivity index (χ0n) is 18.4. The van der Waals surface area contributed by atoms with E-state index in [1.54, 1.807) is 12.5 Å². The van der Waals surface area contributed by atoms with E-state index >= 15 is 0 Å². The minimum atomic E-state index is -0.178. The van der Waals surface area contributed by atoms with Crippen LogP contribution in [0.15, 0.2) is 63.4 Å². The van der Waals surface area contributed by atoms with Gasteiger partial charge in [0.2, 0.25) is 5.76 Å². The van der Waals surface area contributed by atoms with Crippen molar-refractivity contribution in [2.75, 3.05) is 6.61 Å². The van der Waals surface area contributed by atoms with E-state index < -0.39 is 0 Å². The number of benzene rings is 1. The lowest BCUT2D eigenvalue weighted by molar-refractivity contribution is -0.0124. The van der Waals surface area contributed by atoms with Crippen LogP contribution in [0.4, 0.5) is 0 Å². The molecule has 4 fully saturated rings. The number of imidazole rings is 1. The van der Waals surface area contributed by atoms with E-state index in [0.717, 1.165) is 16.7 Å². The summed E-state index contributed by atoms with van der Waals surface area (Å²) in [5, 5.41) is 7.48. The Labute approximate surface area is 197 Å². The molecule has 0 radical (unpaired) electrons. The molecule has 33 heavy (non-hydrogen) atoms. The Hall–Kier alpha value is -2.74. The Bertz CT molecular complexity index is 1070. The number of nitrogens with one attached hydrogen (secondary N) is 1. The Morgan fingerprint density at radius 3 is 2.58 bits per heavy atom. The van der Waals surface area contributed by atoms with Crippen LogP contribution in [0.3, 0.4) is 0 Å². The molecule has 1 N–H and O–H groups in total. The monoisotopic (exact) mass is 464 g/mol. The molecule has 3 aromatic rings. The number of nitrogens with zero attached hydrogens (tertiary/aromatic N) is 3. The Balaban J connectivity index is 1.20. The predicted octanol–water partition coefficient (Wildman–Crippen LogP) is 4.66. The SMILES string of the molecule is O=C(NC1C2CC3CC(C2)CC1C3)c1onc(OCCn2ccnc2)c1Sc1ccccc1. The van der Waals surface area contributed by atoms with Crippen LogP contribution in [-0.2, 0) is 6.54 Å². The number of rotatable bonds is 8. The molecule has 172 valence electrons. The number of ether oxygens (including phenoxy) is 1. The van der Waals surface area contributed by atoms with Crippen LogP contribution in [0.2, 0.25) is 0 Å². The lowest BCUT2D eigenvalue weighted by Crippen LogP contribution is -2.55. The first-order valence-electron chi connectivity index (χ1n) is 11.8. The van der Waals surface area contributed by atoms with Crippen molar-refractivity contribution >= 4 is 17.7 Å². The van der Waals surface area contributed by atoms with Crippen LogP contribution in [0.1, 0.15) is 42.7 Å². The van der Waals surface area contributed by atoms with Crippen molar-refractivity contribution < 1.29 is 14.1 Å². The second kappa shape index (κ2) is 8.89. The summed E-state index contributed by atoms with van der Waals surface area (Å²) in [7, 11) is 0. The smallest absolute Gasteiger partial charge is 0.291 e. The van der Waals surface area contributed by atoms with E-state index in [4.69, 9.17) is 9.26 Å². The van der Waals surface area contributed by atoms with Crippen molar-refractivity contribution in [3.63, 3.8) is 0 Å². The maximum atomic E-state index is 13.4. The van der Waals surface area contributed by atoms with Gasteiger partial charge in [0.05, 0.1) is 12.9 Å². The van der Waals surface area contributed by atoms with Gasteiger partial charge < -0.3 is 19.1 Å². The molecule has 0 saturated heterocycles. The summed E-state index contributed by atoms with van der Waals surface area (Å²) >= 11 is 1.45. The molecule has 7 nitrogen and oxygen atoms in total. The highest BCUT2D eigenvalue weighted by molar-refractivity contribution is 7.99. The molecule has 0 unspecified atom stereocenters. The molecule has 4 bridgehead atoms. The molecule has 4 saturated carbocycles. The van der Waals surface area contributed by atoms with Crippen LogP contribution in [0.25, 0.3) is 0 Å². The minimum absolute atomic E-state index is 0.178. The van der Waals surface area contributed by atoms with Gasteiger partial charge >= 0.3 is 0 Å². The van der Waals surface area contributed by atoms with Crippen molar-refractivity contribution in [1.82, 2.24) is 20.0 Å². The van der Waals surface area contributed by atoms with E-state index in [-0.39, 0.29) is 17.7 Å². The maximum Gasteiger partial charge on any atom is 0.291 e. The molecule has 7 rings (SSSR count). The van der Waals surface area contributed by atoms with Gasteiger partial charge in [0, 0.05) is 23.3 Å². The molecule has 0 spiro atoms. The molecular formula is C25H28N4O3S. The molecule has 4 aliphatic carbocycles. The number of amides is 1. The van der Waals surface area contributed by atoms with E-state index in [2.05, 4.69) is 15.5 Å². The van der Waals surface area contributed by atoms with Crippen LogP contribution < -0.4 is 10.1 Å². The normalized spacial score (nSPS) is 27.6. The van der Waals surface area contributed by atoms with E-state index in [1.165, 1.54) is 43.9 Å². The van der Waals surface area contributed by atoms with E-state index in [0.29, 0.717) is 35.8 Å². The third-order valence-corrected chi connectivity index (χ3v) is 8.53. The minimum Gasteiger partial charge on any atom is -0.473 e. The summed E-state index contributed by atoms with van der Waals surface area (Å²) in [6.45, 7) is 1.04. The van der Waals surface area contributed by atoms with Crippen LogP contribution in [-0.4, -0.2) is 33.3 Å². The van der Waals surface area contributed by atoms with Crippen LogP contribution >= 0.6 is 11.8 Å². The summed E-state index contributed by atoms with van der Waals surface area (Å²) in [4.78, 5) is 19.1. The van der Waals surface area contributed by atoms with Crippen molar-refractivity contribution in [2.24, 2.45) is 23.7 Å². The maximum absolute atomic E-state index is 13.4. The summed E-state index contributed by atoms with van der Waals surface area (Å²) in [6, 6.07) is 10.2. The second-order valence-electron chi connectivity index (χ2n) is 9.64. The zero-order chi connectivity index (χ0) is 22.2. The molecule has 8 heteroatoms. The van der Waals surface area contributed by atoms with Gasteiger partial charge in [-0.05, 0) is 73.1 Å². The first kappa shape index (κ1) is 20.8. The Morgan fingerprint density at radius 2 is 1.88 bits per heavy atom. The fraction of sp³-hybridized carbons (Fsp3) is 0.480. The highest BCUT2D eigenvalue weighted by atomic mass is 32.2. The van der Waals surface area contributed by atoms with Gasteiger partial charge in [-0.25, -0.2) is 4.98 Å².